The molecule has 0 radical (unpaired) electrons. The van der Waals surface area contributed by atoms with E-state index < -0.39 is 5.92 Å². The maximum atomic E-state index is 13.4. The van der Waals surface area contributed by atoms with Gasteiger partial charge in [-0.15, -0.1) is 0 Å². The highest BCUT2D eigenvalue weighted by Gasteiger charge is 2.39. The van der Waals surface area contributed by atoms with Crippen molar-refractivity contribution in [3.05, 3.63) is 35.6 Å². The van der Waals surface area contributed by atoms with Gasteiger partial charge in [-0.3, -0.25) is 14.9 Å². The Morgan fingerprint density at radius 2 is 2.15 bits per heavy atom. The topological polar surface area (TPSA) is 46.2 Å². The second-order valence-corrected chi connectivity index (χ2v) is 5.58. The molecule has 0 aromatic heterocycles. The average molecular weight is 277 g/mol. The SMILES string of the molecule is CCCC(C)C1CC(=O)NC(=O)C1c1cccc(F)c1. The predicted octanol–water partition coefficient (Wildman–Crippen LogP) is 3.01. The van der Waals surface area contributed by atoms with E-state index >= 15 is 0 Å². The molecule has 1 aliphatic heterocycles. The molecular weight excluding hydrogens is 257 g/mol. The molecule has 1 aromatic rings. The van der Waals surface area contributed by atoms with Crippen LogP contribution in [0.5, 0.6) is 0 Å². The zero-order valence-electron chi connectivity index (χ0n) is 11.9. The van der Waals surface area contributed by atoms with Crippen LogP contribution in [-0.4, -0.2) is 11.8 Å². The normalized spacial score (nSPS) is 24.4. The van der Waals surface area contributed by atoms with Crippen molar-refractivity contribution in [3.8, 4) is 0 Å². The summed E-state index contributed by atoms with van der Waals surface area (Å²) in [6, 6.07) is 6.12. The number of carbonyl (C=O) groups excluding carboxylic acids is 2. The number of hydrogen-bond donors (Lipinski definition) is 1. The van der Waals surface area contributed by atoms with E-state index in [1.807, 2.05) is 0 Å². The minimum atomic E-state index is -0.440. The molecule has 3 unspecified atom stereocenters. The average Bonchev–Trinajstić information content (AvgIpc) is 2.38. The quantitative estimate of drug-likeness (QED) is 0.860. The lowest BCUT2D eigenvalue weighted by Crippen LogP contribution is -2.46. The summed E-state index contributed by atoms with van der Waals surface area (Å²) < 4.78 is 13.4. The van der Waals surface area contributed by atoms with Crippen molar-refractivity contribution in [1.82, 2.24) is 5.32 Å². The summed E-state index contributed by atoms with van der Waals surface area (Å²) in [4.78, 5) is 23.8. The molecule has 1 heterocycles. The van der Waals surface area contributed by atoms with E-state index in [2.05, 4.69) is 19.2 Å². The van der Waals surface area contributed by atoms with Crippen LogP contribution in [0.15, 0.2) is 24.3 Å². The highest BCUT2D eigenvalue weighted by molar-refractivity contribution is 6.01. The first-order valence-corrected chi connectivity index (χ1v) is 7.12. The van der Waals surface area contributed by atoms with Gasteiger partial charge in [0, 0.05) is 6.42 Å². The molecule has 0 aliphatic carbocycles. The minimum absolute atomic E-state index is 0.0574. The van der Waals surface area contributed by atoms with Crippen molar-refractivity contribution in [2.45, 2.75) is 39.0 Å². The Morgan fingerprint density at radius 1 is 1.40 bits per heavy atom. The Bertz CT molecular complexity index is 515. The third-order valence-corrected chi connectivity index (χ3v) is 4.08. The summed E-state index contributed by atoms with van der Waals surface area (Å²) in [5, 5.41) is 2.37. The molecule has 0 bridgehead atoms. The number of benzene rings is 1. The maximum absolute atomic E-state index is 13.4. The molecule has 1 saturated heterocycles. The lowest BCUT2D eigenvalue weighted by Gasteiger charge is -2.34. The lowest BCUT2D eigenvalue weighted by molar-refractivity contribution is -0.137. The first kappa shape index (κ1) is 14.7. The fraction of sp³-hybridized carbons (Fsp3) is 0.500. The summed E-state index contributed by atoms with van der Waals surface area (Å²) in [6.45, 7) is 4.14. The number of carbonyl (C=O) groups is 2. The molecule has 0 saturated carbocycles. The van der Waals surface area contributed by atoms with Crippen LogP contribution in [0.1, 0.15) is 44.6 Å². The molecule has 1 aliphatic rings. The number of nitrogens with one attached hydrogen (secondary N) is 1. The highest BCUT2D eigenvalue weighted by Crippen LogP contribution is 2.37. The third kappa shape index (κ3) is 3.06. The smallest absolute Gasteiger partial charge is 0.234 e. The number of piperidine rings is 1. The predicted molar refractivity (Wildman–Crippen MR) is 74.5 cm³/mol. The van der Waals surface area contributed by atoms with Crippen molar-refractivity contribution < 1.29 is 14.0 Å². The highest BCUT2D eigenvalue weighted by atomic mass is 19.1. The van der Waals surface area contributed by atoms with Gasteiger partial charge >= 0.3 is 0 Å². The Morgan fingerprint density at radius 3 is 2.80 bits per heavy atom. The Labute approximate surface area is 118 Å². The molecule has 108 valence electrons. The van der Waals surface area contributed by atoms with Gasteiger partial charge in [-0.05, 0) is 29.5 Å². The van der Waals surface area contributed by atoms with Crippen molar-refractivity contribution in [2.75, 3.05) is 0 Å². The zero-order chi connectivity index (χ0) is 14.7. The van der Waals surface area contributed by atoms with Crippen LogP contribution in [0.2, 0.25) is 0 Å². The number of hydrogen-bond acceptors (Lipinski definition) is 2. The van der Waals surface area contributed by atoms with E-state index in [4.69, 9.17) is 0 Å². The number of imide groups is 1. The molecule has 1 aromatic carbocycles. The molecule has 3 nitrogen and oxygen atoms in total. The van der Waals surface area contributed by atoms with Gasteiger partial charge in [0.15, 0.2) is 0 Å². The summed E-state index contributed by atoms with van der Waals surface area (Å²) in [7, 11) is 0. The molecule has 2 amide bonds. The molecule has 1 N–H and O–H groups in total. The van der Waals surface area contributed by atoms with E-state index in [9.17, 15) is 14.0 Å². The van der Waals surface area contributed by atoms with Gasteiger partial charge in [-0.25, -0.2) is 4.39 Å². The lowest BCUT2D eigenvalue weighted by atomic mass is 9.73. The largest absolute Gasteiger partial charge is 0.296 e. The van der Waals surface area contributed by atoms with Gasteiger partial charge in [-0.2, -0.15) is 0 Å². The fourth-order valence-electron chi connectivity index (χ4n) is 3.09. The second kappa shape index (κ2) is 6.16. The van der Waals surface area contributed by atoms with Crippen LogP contribution in [0.3, 0.4) is 0 Å². The van der Waals surface area contributed by atoms with Crippen LogP contribution in [0, 0.1) is 17.7 Å². The Hall–Kier alpha value is -1.71. The monoisotopic (exact) mass is 277 g/mol. The minimum Gasteiger partial charge on any atom is -0.296 e. The summed E-state index contributed by atoms with van der Waals surface area (Å²) in [6.07, 6.45) is 2.29. The van der Waals surface area contributed by atoms with Crippen LogP contribution in [-0.2, 0) is 9.59 Å². The van der Waals surface area contributed by atoms with Crippen molar-refractivity contribution in [3.63, 3.8) is 0 Å². The van der Waals surface area contributed by atoms with E-state index in [-0.39, 0.29) is 29.5 Å². The zero-order valence-corrected chi connectivity index (χ0v) is 11.9. The van der Waals surface area contributed by atoms with Crippen molar-refractivity contribution >= 4 is 11.8 Å². The summed E-state index contributed by atoms with van der Waals surface area (Å²) in [5.41, 5.74) is 0.656. The van der Waals surface area contributed by atoms with E-state index in [0.29, 0.717) is 12.0 Å². The van der Waals surface area contributed by atoms with Crippen LogP contribution < -0.4 is 5.32 Å². The van der Waals surface area contributed by atoms with Gasteiger partial charge in [0.25, 0.3) is 0 Å². The van der Waals surface area contributed by atoms with Crippen molar-refractivity contribution in [1.29, 1.82) is 0 Å². The maximum Gasteiger partial charge on any atom is 0.234 e. The van der Waals surface area contributed by atoms with E-state index in [1.165, 1.54) is 12.1 Å². The number of amides is 2. The first-order valence-electron chi connectivity index (χ1n) is 7.12. The van der Waals surface area contributed by atoms with Gasteiger partial charge in [0.1, 0.15) is 5.82 Å². The summed E-state index contributed by atoms with van der Waals surface area (Å²) >= 11 is 0. The van der Waals surface area contributed by atoms with Gasteiger partial charge in [-0.1, -0.05) is 38.8 Å². The molecule has 0 spiro atoms. The molecular formula is C16H20FNO2. The van der Waals surface area contributed by atoms with E-state index in [1.54, 1.807) is 12.1 Å². The molecule has 2 rings (SSSR count). The van der Waals surface area contributed by atoms with Crippen LogP contribution >= 0.6 is 0 Å². The fourth-order valence-corrected chi connectivity index (χ4v) is 3.09. The summed E-state index contributed by atoms with van der Waals surface area (Å²) in [5.74, 6) is -1.13. The van der Waals surface area contributed by atoms with Crippen LogP contribution in [0.4, 0.5) is 4.39 Å². The first-order chi connectivity index (χ1) is 9.52. The Kier molecular flexibility index (Phi) is 4.53. The molecule has 3 atom stereocenters. The number of rotatable bonds is 4. The molecule has 4 heteroatoms. The Balaban J connectivity index is 2.34. The van der Waals surface area contributed by atoms with Crippen LogP contribution in [0.25, 0.3) is 0 Å². The van der Waals surface area contributed by atoms with Gasteiger partial charge in [0.2, 0.25) is 11.8 Å². The number of halogens is 1. The van der Waals surface area contributed by atoms with Gasteiger partial charge in [0.05, 0.1) is 5.92 Å². The second-order valence-electron chi connectivity index (χ2n) is 5.58. The molecule has 20 heavy (non-hydrogen) atoms. The van der Waals surface area contributed by atoms with E-state index in [0.717, 1.165) is 12.8 Å². The standard InChI is InChI=1S/C16H20FNO2/c1-3-5-10(2)13-9-14(19)18-16(20)15(13)11-6-4-7-12(17)8-11/h4,6-8,10,13,15H,3,5,9H2,1-2H3,(H,18,19,20). The van der Waals surface area contributed by atoms with Gasteiger partial charge < -0.3 is 0 Å². The van der Waals surface area contributed by atoms with Crippen molar-refractivity contribution in [2.24, 2.45) is 11.8 Å². The third-order valence-electron chi connectivity index (χ3n) is 4.08. The molecule has 1 fully saturated rings.